The van der Waals surface area contributed by atoms with Gasteiger partial charge in [-0.3, -0.25) is 9.36 Å². The van der Waals surface area contributed by atoms with Crippen molar-refractivity contribution in [2.75, 3.05) is 36.4 Å². The van der Waals surface area contributed by atoms with Crippen molar-refractivity contribution in [2.45, 2.75) is 13.5 Å². The molecule has 0 saturated carbocycles. The molecule has 8 heteroatoms. The summed E-state index contributed by atoms with van der Waals surface area (Å²) in [5, 5.41) is 3.45. The molecule has 1 aliphatic rings. The molecule has 2 heterocycles. The molecular weight excluding hydrogens is 462 g/mol. The van der Waals surface area contributed by atoms with Gasteiger partial charge in [0.05, 0.1) is 17.6 Å². The molecular formula is C27H26ClN5O2. The van der Waals surface area contributed by atoms with Crippen molar-refractivity contribution in [3.63, 3.8) is 0 Å². The highest BCUT2D eigenvalue weighted by atomic mass is 35.5. The zero-order chi connectivity index (χ0) is 24.4. The molecule has 2 amide bonds. The maximum absolute atomic E-state index is 13.6. The molecule has 3 aromatic carbocycles. The van der Waals surface area contributed by atoms with E-state index in [1.54, 1.807) is 33.7 Å². The van der Waals surface area contributed by atoms with Gasteiger partial charge in [0.25, 0.3) is 5.56 Å². The van der Waals surface area contributed by atoms with Crippen LogP contribution in [-0.4, -0.2) is 46.7 Å². The maximum Gasteiger partial charge on any atom is 0.321 e. The van der Waals surface area contributed by atoms with Gasteiger partial charge in [-0.2, -0.15) is 0 Å². The van der Waals surface area contributed by atoms with Gasteiger partial charge in [-0.05, 0) is 42.8 Å². The van der Waals surface area contributed by atoms with Crippen LogP contribution in [0.4, 0.5) is 16.3 Å². The summed E-state index contributed by atoms with van der Waals surface area (Å²) in [7, 11) is 0. The molecule has 1 aromatic heterocycles. The maximum atomic E-state index is 13.6. The number of amides is 2. The lowest BCUT2D eigenvalue weighted by atomic mass is 10.1. The van der Waals surface area contributed by atoms with Crippen LogP contribution in [0, 0.1) is 6.92 Å². The van der Waals surface area contributed by atoms with Gasteiger partial charge in [0, 0.05) is 36.9 Å². The second kappa shape index (κ2) is 9.80. The Morgan fingerprint density at radius 2 is 1.71 bits per heavy atom. The molecule has 1 saturated heterocycles. The summed E-state index contributed by atoms with van der Waals surface area (Å²) in [5.74, 6) is 0.422. The number of aryl methyl sites for hydroxylation is 1. The van der Waals surface area contributed by atoms with Crippen LogP contribution in [0.15, 0.2) is 77.6 Å². The average molecular weight is 488 g/mol. The van der Waals surface area contributed by atoms with Crippen LogP contribution in [0.25, 0.3) is 11.0 Å². The number of aromatic nitrogens is 2. The normalized spacial score (nSPS) is 13.8. The van der Waals surface area contributed by atoms with Gasteiger partial charge in [-0.25, -0.2) is 9.78 Å². The molecule has 0 aliphatic carbocycles. The predicted octanol–water partition coefficient (Wildman–Crippen LogP) is 4.76. The van der Waals surface area contributed by atoms with Crippen LogP contribution >= 0.6 is 11.6 Å². The van der Waals surface area contributed by atoms with Gasteiger partial charge in [-0.15, -0.1) is 0 Å². The van der Waals surface area contributed by atoms with Gasteiger partial charge in [0.2, 0.25) is 0 Å². The Morgan fingerprint density at radius 1 is 0.971 bits per heavy atom. The Bertz CT molecular complexity index is 1430. The highest BCUT2D eigenvalue weighted by Gasteiger charge is 2.25. The van der Waals surface area contributed by atoms with Crippen LogP contribution < -0.4 is 15.8 Å². The minimum Gasteiger partial charge on any atom is -0.348 e. The van der Waals surface area contributed by atoms with Crippen LogP contribution in [0.5, 0.6) is 0 Å². The largest absolute Gasteiger partial charge is 0.348 e. The second-order valence-electron chi connectivity index (χ2n) is 8.72. The first-order chi connectivity index (χ1) is 17.0. The molecule has 178 valence electrons. The molecule has 1 fully saturated rings. The van der Waals surface area contributed by atoms with Crippen LogP contribution in [0.3, 0.4) is 0 Å². The molecule has 5 rings (SSSR count). The van der Waals surface area contributed by atoms with Crippen molar-refractivity contribution >= 4 is 40.2 Å². The Morgan fingerprint density at radius 3 is 2.46 bits per heavy atom. The van der Waals surface area contributed by atoms with E-state index in [1.807, 2.05) is 48.2 Å². The summed E-state index contributed by atoms with van der Waals surface area (Å²) in [6.45, 7) is 4.53. The summed E-state index contributed by atoms with van der Waals surface area (Å²) >= 11 is 6.02. The van der Waals surface area contributed by atoms with E-state index < -0.39 is 0 Å². The van der Waals surface area contributed by atoms with E-state index >= 15 is 0 Å². The number of hydrogen-bond donors (Lipinski definition) is 1. The lowest BCUT2D eigenvalue weighted by molar-refractivity contribution is 0.208. The third kappa shape index (κ3) is 5.00. The van der Waals surface area contributed by atoms with E-state index in [0.717, 1.165) is 16.6 Å². The van der Waals surface area contributed by atoms with Gasteiger partial charge in [-0.1, -0.05) is 59.6 Å². The zero-order valence-corrected chi connectivity index (χ0v) is 20.2. The van der Waals surface area contributed by atoms with Crippen LogP contribution in [0.1, 0.15) is 11.1 Å². The third-order valence-corrected chi connectivity index (χ3v) is 6.47. The summed E-state index contributed by atoms with van der Waals surface area (Å²) in [6.07, 6.45) is 0. The highest BCUT2D eigenvalue weighted by Crippen LogP contribution is 2.19. The molecule has 0 radical (unpaired) electrons. The minimum atomic E-state index is -0.185. The molecule has 0 bridgehead atoms. The Kier molecular flexibility index (Phi) is 6.42. The number of piperazine rings is 1. The molecule has 0 atom stereocenters. The quantitative estimate of drug-likeness (QED) is 0.450. The summed E-state index contributed by atoms with van der Waals surface area (Å²) in [4.78, 5) is 34.7. The minimum absolute atomic E-state index is 0.124. The molecule has 0 unspecified atom stereocenters. The van der Waals surface area contributed by atoms with Crippen molar-refractivity contribution in [1.82, 2.24) is 14.5 Å². The number of rotatable bonds is 4. The molecule has 1 N–H and O–H groups in total. The predicted molar refractivity (Wildman–Crippen MR) is 141 cm³/mol. The average Bonchev–Trinajstić information content (AvgIpc) is 2.87. The van der Waals surface area contributed by atoms with Crippen molar-refractivity contribution in [3.8, 4) is 0 Å². The summed E-state index contributed by atoms with van der Waals surface area (Å²) < 4.78 is 1.79. The number of anilines is 2. The van der Waals surface area contributed by atoms with Crippen molar-refractivity contribution in [3.05, 3.63) is 99.3 Å². The number of para-hydroxylation sites is 2. The highest BCUT2D eigenvalue weighted by molar-refractivity contribution is 6.30. The zero-order valence-electron chi connectivity index (χ0n) is 19.4. The standard InChI is InChI=1S/C27H26ClN5O2/c1-19-9-11-20(12-10-19)18-33-24-8-3-2-7-23(24)30-25(26(33)34)31-13-15-32(16-14-31)27(35)29-22-6-4-5-21(28)17-22/h2-12,17H,13-16,18H2,1H3,(H,29,35). The lowest BCUT2D eigenvalue weighted by Gasteiger charge is -2.35. The number of nitrogens with one attached hydrogen (secondary N) is 1. The summed E-state index contributed by atoms with van der Waals surface area (Å²) in [6, 6.07) is 22.8. The SMILES string of the molecule is Cc1ccc(Cn2c(=O)c(N3CCN(C(=O)Nc4cccc(Cl)c4)CC3)nc3ccccc32)cc1. The number of carbonyl (C=O) groups excluding carboxylic acids is 1. The van der Waals surface area contributed by atoms with Gasteiger partial charge in [0.15, 0.2) is 5.82 Å². The van der Waals surface area contributed by atoms with Gasteiger partial charge >= 0.3 is 6.03 Å². The fourth-order valence-corrected chi connectivity index (χ4v) is 4.50. The van der Waals surface area contributed by atoms with E-state index in [4.69, 9.17) is 16.6 Å². The van der Waals surface area contributed by atoms with E-state index in [0.29, 0.717) is 49.3 Å². The Hall–Kier alpha value is -3.84. The number of halogens is 1. The smallest absolute Gasteiger partial charge is 0.321 e. The van der Waals surface area contributed by atoms with Crippen molar-refractivity contribution in [1.29, 1.82) is 0 Å². The van der Waals surface area contributed by atoms with Crippen molar-refractivity contribution < 1.29 is 4.79 Å². The summed E-state index contributed by atoms with van der Waals surface area (Å²) in [5.41, 5.74) is 4.35. The monoisotopic (exact) mass is 487 g/mol. The lowest BCUT2D eigenvalue weighted by Crippen LogP contribution is -2.51. The third-order valence-electron chi connectivity index (χ3n) is 6.24. The Labute approximate surface area is 208 Å². The van der Waals surface area contributed by atoms with Crippen molar-refractivity contribution in [2.24, 2.45) is 0 Å². The first-order valence-electron chi connectivity index (χ1n) is 11.6. The van der Waals surface area contributed by atoms with E-state index in [1.165, 1.54) is 5.56 Å². The fraction of sp³-hybridized carbons (Fsp3) is 0.222. The van der Waals surface area contributed by atoms with Gasteiger partial charge < -0.3 is 15.1 Å². The fourth-order valence-electron chi connectivity index (χ4n) is 4.31. The first kappa shape index (κ1) is 22.9. The number of benzene rings is 3. The Balaban J connectivity index is 1.36. The second-order valence-corrected chi connectivity index (χ2v) is 9.15. The number of fused-ring (bicyclic) bond motifs is 1. The molecule has 1 aliphatic heterocycles. The van der Waals surface area contributed by atoms with Gasteiger partial charge in [0.1, 0.15) is 0 Å². The van der Waals surface area contributed by atoms with Crippen LogP contribution in [0.2, 0.25) is 5.02 Å². The number of urea groups is 1. The number of carbonyl (C=O) groups is 1. The number of nitrogens with zero attached hydrogens (tertiary/aromatic N) is 4. The topological polar surface area (TPSA) is 70.5 Å². The van der Waals surface area contributed by atoms with E-state index in [2.05, 4.69) is 17.4 Å². The molecule has 7 nitrogen and oxygen atoms in total. The number of hydrogen-bond acceptors (Lipinski definition) is 4. The van der Waals surface area contributed by atoms with E-state index in [9.17, 15) is 9.59 Å². The molecule has 0 spiro atoms. The van der Waals surface area contributed by atoms with Crippen LogP contribution in [-0.2, 0) is 6.54 Å². The van der Waals surface area contributed by atoms with E-state index in [-0.39, 0.29) is 11.6 Å². The molecule has 4 aromatic rings. The molecule has 35 heavy (non-hydrogen) atoms. The first-order valence-corrected chi connectivity index (χ1v) is 12.0.